The summed E-state index contributed by atoms with van der Waals surface area (Å²) in [6, 6.07) is 8.30. The predicted octanol–water partition coefficient (Wildman–Crippen LogP) is 5.43. The van der Waals surface area contributed by atoms with Crippen LogP contribution in [0.25, 0.3) is 0 Å². The third-order valence-corrected chi connectivity index (χ3v) is 4.89. The average Bonchev–Trinajstić information content (AvgIpc) is 3.19. The number of aliphatic imine (C=N–C) groups is 1. The molecule has 0 N–H and O–H groups in total. The molecule has 0 amide bonds. The van der Waals surface area contributed by atoms with Crippen molar-refractivity contribution in [1.82, 2.24) is 4.90 Å². The number of hydrogen-bond acceptors (Lipinski definition) is 3. The first-order valence-electron chi connectivity index (χ1n) is 9.47. The standard InChI is InChI=1S/C22H23F3N2O2/c1-15-11-20(26-14-27-8-3-4-9-27)16(2)10-19(15)21(28)29-13-17-6-5-7-18(12-17)22(23,24)25/h5-7,10-12,14H,3-4,8-9,13H2,1-2H3. The van der Waals surface area contributed by atoms with Gasteiger partial charge in [-0.2, -0.15) is 13.2 Å². The first-order valence-corrected chi connectivity index (χ1v) is 9.47. The van der Waals surface area contributed by atoms with Gasteiger partial charge in [-0.15, -0.1) is 0 Å². The number of esters is 1. The van der Waals surface area contributed by atoms with E-state index in [1.165, 1.54) is 25.0 Å². The molecule has 2 aromatic carbocycles. The van der Waals surface area contributed by atoms with Crippen LogP contribution >= 0.6 is 0 Å². The van der Waals surface area contributed by atoms with E-state index < -0.39 is 17.7 Å². The Morgan fingerprint density at radius 3 is 2.55 bits per heavy atom. The van der Waals surface area contributed by atoms with Crippen molar-refractivity contribution >= 4 is 18.0 Å². The van der Waals surface area contributed by atoms with Crippen molar-refractivity contribution in [2.45, 2.75) is 39.5 Å². The molecule has 0 unspecified atom stereocenters. The van der Waals surface area contributed by atoms with Crippen LogP contribution in [0.2, 0.25) is 0 Å². The van der Waals surface area contributed by atoms with Gasteiger partial charge >= 0.3 is 12.1 Å². The number of benzene rings is 2. The van der Waals surface area contributed by atoms with E-state index in [2.05, 4.69) is 9.89 Å². The molecule has 0 saturated carbocycles. The number of carbonyl (C=O) groups excluding carboxylic acids is 1. The van der Waals surface area contributed by atoms with Crippen molar-refractivity contribution in [3.63, 3.8) is 0 Å². The number of aryl methyl sites for hydroxylation is 2. The fourth-order valence-electron chi connectivity index (χ4n) is 3.22. The summed E-state index contributed by atoms with van der Waals surface area (Å²) in [4.78, 5) is 19.1. The van der Waals surface area contributed by atoms with E-state index in [-0.39, 0.29) is 12.2 Å². The van der Waals surface area contributed by atoms with Gasteiger partial charge in [0.2, 0.25) is 0 Å². The number of halogens is 3. The van der Waals surface area contributed by atoms with E-state index in [9.17, 15) is 18.0 Å². The molecule has 0 bridgehead atoms. The van der Waals surface area contributed by atoms with Gasteiger partial charge in [0.05, 0.1) is 23.2 Å². The Labute approximate surface area is 168 Å². The monoisotopic (exact) mass is 404 g/mol. The number of likely N-dealkylation sites (tertiary alicyclic amines) is 1. The van der Waals surface area contributed by atoms with Crippen LogP contribution in [-0.4, -0.2) is 30.3 Å². The predicted molar refractivity (Wildman–Crippen MR) is 105 cm³/mol. The third-order valence-electron chi connectivity index (χ3n) is 4.89. The number of nitrogens with zero attached hydrogens (tertiary/aromatic N) is 2. The summed E-state index contributed by atoms with van der Waals surface area (Å²) in [7, 11) is 0. The molecule has 154 valence electrons. The second-order valence-corrected chi connectivity index (χ2v) is 7.22. The van der Waals surface area contributed by atoms with Crippen LogP contribution in [0.15, 0.2) is 41.4 Å². The van der Waals surface area contributed by atoms with E-state index >= 15 is 0 Å². The highest BCUT2D eigenvalue weighted by Gasteiger charge is 2.30. The number of alkyl halides is 3. The number of carbonyl (C=O) groups is 1. The van der Waals surface area contributed by atoms with Gasteiger partial charge in [0.15, 0.2) is 0 Å². The van der Waals surface area contributed by atoms with E-state index in [4.69, 9.17) is 4.74 Å². The lowest BCUT2D eigenvalue weighted by Gasteiger charge is -2.12. The summed E-state index contributed by atoms with van der Waals surface area (Å²) in [6.45, 7) is 5.42. The Morgan fingerprint density at radius 1 is 1.14 bits per heavy atom. The van der Waals surface area contributed by atoms with Crippen molar-refractivity contribution < 1.29 is 22.7 Å². The van der Waals surface area contributed by atoms with Crippen LogP contribution in [0, 0.1) is 13.8 Å². The topological polar surface area (TPSA) is 41.9 Å². The van der Waals surface area contributed by atoms with Gasteiger partial charge in [-0.3, -0.25) is 0 Å². The van der Waals surface area contributed by atoms with Gasteiger partial charge < -0.3 is 9.64 Å². The molecule has 4 nitrogen and oxygen atoms in total. The maximum Gasteiger partial charge on any atom is 0.416 e. The van der Waals surface area contributed by atoms with Crippen LogP contribution in [0.1, 0.15) is 45.5 Å². The second-order valence-electron chi connectivity index (χ2n) is 7.22. The Balaban J connectivity index is 1.68. The molecule has 1 aliphatic heterocycles. The van der Waals surface area contributed by atoms with Gasteiger partial charge in [0.1, 0.15) is 6.61 Å². The lowest BCUT2D eigenvalue weighted by Crippen LogP contribution is -2.16. The first-order chi connectivity index (χ1) is 13.7. The number of ether oxygens (including phenoxy) is 1. The maximum absolute atomic E-state index is 12.8. The lowest BCUT2D eigenvalue weighted by molar-refractivity contribution is -0.137. The maximum atomic E-state index is 12.8. The van der Waals surface area contributed by atoms with E-state index in [1.807, 2.05) is 19.3 Å². The molecule has 29 heavy (non-hydrogen) atoms. The van der Waals surface area contributed by atoms with Gasteiger partial charge in [0.25, 0.3) is 0 Å². The Bertz CT molecular complexity index is 917. The summed E-state index contributed by atoms with van der Waals surface area (Å²) in [5.41, 5.74) is 2.22. The molecule has 0 radical (unpaired) electrons. The smallest absolute Gasteiger partial charge is 0.416 e. The zero-order valence-electron chi connectivity index (χ0n) is 16.4. The van der Waals surface area contributed by atoms with Crippen LogP contribution in [-0.2, 0) is 17.5 Å². The quantitative estimate of drug-likeness (QED) is 0.379. The van der Waals surface area contributed by atoms with Crippen molar-refractivity contribution in [3.05, 3.63) is 64.2 Å². The molecule has 2 aromatic rings. The summed E-state index contributed by atoms with van der Waals surface area (Å²) in [6.07, 6.45) is -0.263. The van der Waals surface area contributed by atoms with Crippen molar-refractivity contribution in [3.8, 4) is 0 Å². The zero-order valence-corrected chi connectivity index (χ0v) is 16.4. The van der Waals surface area contributed by atoms with Crippen LogP contribution in [0.5, 0.6) is 0 Å². The van der Waals surface area contributed by atoms with E-state index in [0.29, 0.717) is 11.1 Å². The normalized spacial score (nSPS) is 14.6. The SMILES string of the molecule is Cc1cc(C(=O)OCc2cccc(C(F)(F)F)c2)c(C)cc1N=CN1CCCC1. The molecule has 1 fully saturated rings. The minimum atomic E-state index is -4.43. The lowest BCUT2D eigenvalue weighted by atomic mass is 10.0. The molecule has 7 heteroatoms. The largest absolute Gasteiger partial charge is 0.457 e. The average molecular weight is 404 g/mol. The summed E-state index contributed by atoms with van der Waals surface area (Å²) >= 11 is 0. The molecule has 0 aromatic heterocycles. The molecule has 0 aliphatic carbocycles. The summed E-state index contributed by atoms with van der Waals surface area (Å²) in [5, 5.41) is 0. The summed E-state index contributed by atoms with van der Waals surface area (Å²) < 4.78 is 43.7. The highest BCUT2D eigenvalue weighted by molar-refractivity contribution is 5.92. The molecule has 0 spiro atoms. The fourth-order valence-corrected chi connectivity index (χ4v) is 3.22. The summed E-state index contributed by atoms with van der Waals surface area (Å²) in [5.74, 6) is -0.571. The fraction of sp³-hybridized carbons (Fsp3) is 0.364. The number of hydrogen-bond donors (Lipinski definition) is 0. The van der Waals surface area contributed by atoms with Crippen molar-refractivity contribution in [2.75, 3.05) is 13.1 Å². The van der Waals surface area contributed by atoms with Crippen molar-refractivity contribution in [1.29, 1.82) is 0 Å². The van der Waals surface area contributed by atoms with Gasteiger partial charge in [-0.05, 0) is 67.6 Å². The Kier molecular flexibility index (Phi) is 6.25. The minimum absolute atomic E-state index is 0.226. The van der Waals surface area contributed by atoms with Crippen LogP contribution in [0.4, 0.5) is 18.9 Å². The molecule has 3 rings (SSSR count). The Hall–Kier alpha value is -2.83. The zero-order chi connectivity index (χ0) is 21.0. The second kappa shape index (κ2) is 8.68. The van der Waals surface area contributed by atoms with Gasteiger partial charge in [-0.25, -0.2) is 9.79 Å². The van der Waals surface area contributed by atoms with Gasteiger partial charge in [-0.1, -0.05) is 12.1 Å². The first kappa shape index (κ1) is 20.9. The number of rotatable bonds is 5. The van der Waals surface area contributed by atoms with Gasteiger partial charge in [0, 0.05) is 13.1 Å². The minimum Gasteiger partial charge on any atom is -0.457 e. The van der Waals surface area contributed by atoms with E-state index in [0.717, 1.165) is 36.5 Å². The van der Waals surface area contributed by atoms with Crippen LogP contribution in [0.3, 0.4) is 0 Å². The molecule has 0 atom stereocenters. The highest BCUT2D eigenvalue weighted by Crippen LogP contribution is 2.30. The van der Waals surface area contributed by atoms with Crippen molar-refractivity contribution in [2.24, 2.45) is 4.99 Å². The Morgan fingerprint density at radius 2 is 1.86 bits per heavy atom. The highest BCUT2D eigenvalue weighted by atomic mass is 19.4. The third kappa shape index (κ3) is 5.37. The van der Waals surface area contributed by atoms with E-state index in [1.54, 1.807) is 13.0 Å². The molecular weight excluding hydrogens is 381 g/mol. The molecular formula is C22H23F3N2O2. The molecule has 1 saturated heterocycles. The van der Waals surface area contributed by atoms with Crippen LogP contribution < -0.4 is 0 Å². The molecule has 1 aliphatic rings. The molecule has 1 heterocycles.